The van der Waals surface area contributed by atoms with E-state index in [9.17, 15) is 0 Å². The Kier molecular flexibility index (Phi) is 2.88. The summed E-state index contributed by atoms with van der Waals surface area (Å²) in [5.41, 5.74) is 7.76. The molecular weight excluding hydrogens is 306 g/mol. The van der Waals surface area contributed by atoms with Gasteiger partial charge in [-0.2, -0.15) is 0 Å². The first-order valence-electron chi connectivity index (χ1n) is 9.62. The van der Waals surface area contributed by atoms with E-state index in [-0.39, 0.29) is 11.0 Å². The molecule has 25 heavy (non-hydrogen) atoms. The van der Waals surface area contributed by atoms with Gasteiger partial charge in [-0.15, -0.1) is 0 Å². The molecule has 2 atom stereocenters. The zero-order valence-corrected chi connectivity index (χ0v) is 15.9. The van der Waals surface area contributed by atoms with E-state index in [1.165, 1.54) is 41.5 Å². The van der Waals surface area contributed by atoms with Crippen molar-refractivity contribution in [2.75, 3.05) is 0 Å². The van der Waals surface area contributed by atoms with Crippen molar-refractivity contribution in [1.82, 2.24) is 4.98 Å². The fraction of sp³-hybridized carbons (Fsp3) is 0.522. The molecule has 1 aliphatic heterocycles. The molecule has 2 aliphatic carbocycles. The summed E-state index contributed by atoms with van der Waals surface area (Å²) in [5, 5.41) is 0. The molecule has 0 radical (unpaired) electrons. The van der Waals surface area contributed by atoms with Crippen molar-refractivity contribution < 1.29 is 4.74 Å². The Morgan fingerprint density at radius 1 is 1.00 bits per heavy atom. The number of nitrogens with zero attached hydrogens (tertiary/aromatic N) is 1. The van der Waals surface area contributed by atoms with Crippen LogP contribution in [0.3, 0.4) is 0 Å². The van der Waals surface area contributed by atoms with E-state index in [4.69, 9.17) is 9.72 Å². The number of rotatable bonds is 1. The SMILES string of the molecule is Cc1cc(-c2cc3c(cn2)C2CCC3C2)cc2c1OC(C)(C)C2(C)C. The minimum absolute atomic E-state index is 0.0150. The molecule has 2 aromatic rings. The highest BCUT2D eigenvalue weighted by molar-refractivity contribution is 5.68. The maximum atomic E-state index is 6.33. The Bertz CT molecular complexity index is 893. The van der Waals surface area contributed by atoms with Crippen LogP contribution in [0.5, 0.6) is 5.75 Å². The average Bonchev–Trinajstić information content (AvgIpc) is 3.21. The number of hydrogen-bond acceptors (Lipinski definition) is 2. The molecule has 1 saturated carbocycles. The number of benzene rings is 1. The maximum absolute atomic E-state index is 6.33. The Morgan fingerprint density at radius 2 is 1.72 bits per heavy atom. The van der Waals surface area contributed by atoms with Crippen molar-refractivity contribution in [3.05, 3.63) is 46.6 Å². The van der Waals surface area contributed by atoms with Crippen LogP contribution in [0.4, 0.5) is 0 Å². The predicted octanol–water partition coefficient (Wildman–Crippen LogP) is 5.87. The van der Waals surface area contributed by atoms with Gasteiger partial charge >= 0.3 is 0 Å². The highest BCUT2D eigenvalue weighted by Gasteiger charge is 2.48. The molecule has 2 heterocycles. The Hall–Kier alpha value is -1.83. The van der Waals surface area contributed by atoms with Crippen molar-refractivity contribution in [2.45, 2.75) is 76.7 Å². The molecule has 1 fully saturated rings. The summed E-state index contributed by atoms with van der Waals surface area (Å²) < 4.78 is 6.33. The third kappa shape index (κ3) is 1.94. The van der Waals surface area contributed by atoms with E-state index >= 15 is 0 Å². The van der Waals surface area contributed by atoms with Crippen LogP contribution in [0, 0.1) is 6.92 Å². The highest BCUT2D eigenvalue weighted by atomic mass is 16.5. The van der Waals surface area contributed by atoms with Crippen LogP contribution >= 0.6 is 0 Å². The van der Waals surface area contributed by atoms with Crippen LogP contribution in [-0.4, -0.2) is 10.6 Å². The van der Waals surface area contributed by atoms with Crippen LogP contribution in [-0.2, 0) is 5.41 Å². The van der Waals surface area contributed by atoms with Gasteiger partial charge in [0.05, 0.1) is 5.69 Å². The van der Waals surface area contributed by atoms with Gasteiger partial charge in [0.1, 0.15) is 11.4 Å². The lowest BCUT2D eigenvalue weighted by molar-refractivity contribution is 0.0707. The van der Waals surface area contributed by atoms with Gasteiger partial charge in [-0.25, -0.2) is 0 Å². The lowest BCUT2D eigenvalue weighted by Gasteiger charge is -2.33. The second kappa shape index (κ2) is 4.66. The molecule has 0 N–H and O–H groups in total. The van der Waals surface area contributed by atoms with Crippen molar-refractivity contribution in [3.63, 3.8) is 0 Å². The average molecular weight is 333 g/mol. The maximum Gasteiger partial charge on any atom is 0.126 e. The zero-order chi connectivity index (χ0) is 17.6. The van der Waals surface area contributed by atoms with Crippen LogP contribution in [0.25, 0.3) is 11.3 Å². The summed E-state index contributed by atoms with van der Waals surface area (Å²) in [7, 11) is 0. The van der Waals surface area contributed by atoms with Crippen molar-refractivity contribution in [3.8, 4) is 17.0 Å². The van der Waals surface area contributed by atoms with E-state index in [1.54, 1.807) is 5.56 Å². The molecule has 3 aliphatic rings. The van der Waals surface area contributed by atoms with E-state index < -0.39 is 0 Å². The summed E-state index contributed by atoms with van der Waals surface area (Å²) in [6.07, 6.45) is 6.22. The molecule has 0 saturated heterocycles. The van der Waals surface area contributed by atoms with E-state index in [1.807, 2.05) is 0 Å². The second-order valence-electron chi connectivity index (χ2n) is 9.31. The smallest absolute Gasteiger partial charge is 0.126 e. The molecule has 130 valence electrons. The largest absolute Gasteiger partial charge is 0.486 e. The highest BCUT2D eigenvalue weighted by Crippen LogP contribution is 2.54. The number of aromatic nitrogens is 1. The number of ether oxygens (including phenoxy) is 1. The normalized spacial score (nSPS) is 27.1. The molecular formula is C23H27NO. The lowest BCUT2D eigenvalue weighted by atomic mass is 9.73. The van der Waals surface area contributed by atoms with Gasteiger partial charge in [-0.3, -0.25) is 4.98 Å². The van der Waals surface area contributed by atoms with Gasteiger partial charge in [0.15, 0.2) is 0 Å². The summed E-state index contributed by atoms with van der Waals surface area (Å²) in [4.78, 5) is 4.85. The van der Waals surface area contributed by atoms with Gasteiger partial charge in [-0.1, -0.05) is 13.8 Å². The van der Waals surface area contributed by atoms with Gasteiger partial charge in [-0.05, 0) is 86.8 Å². The molecule has 2 nitrogen and oxygen atoms in total. The van der Waals surface area contributed by atoms with E-state index in [0.29, 0.717) is 0 Å². The van der Waals surface area contributed by atoms with E-state index in [2.05, 4.69) is 59.0 Å². The first kappa shape index (κ1) is 15.4. The third-order valence-electron chi connectivity index (χ3n) is 7.39. The number of hydrogen-bond donors (Lipinski definition) is 0. The third-order valence-corrected chi connectivity index (χ3v) is 7.39. The molecule has 0 amide bonds. The Balaban J connectivity index is 1.64. The van der Waals surface area contributed by atoms with Gasteiger partial charge in [0.25, 0.3) is 0 Å². The van der Waals surface area contributed by atoms with Crippen LogP contribution in [0.15, 0.2) is 24.4 Å². The van der Waals surface area contributed by atoms with Crippen LogP contribution < -0.4 is 4.74 Å². The molecule has 2 bridgehead atoms. The molecule has 2 heteroatoms. The topological polar surface area (TPSA) is 22.1 Å². The predicted molar refractivity (Wildman–Crippen MR) is 101 cm³/mol. The zero-order valence-electron chi connectivity index (χ0n) is 15.9. The fourth-order valence-electron chi connectivity index (χ4n) is 5.11. The summed E-state index contributed by atoms with van der Waals surface area (Å²) >= 11 is 0. The number of fused-ring (bicyclic) bond motifs is 6. The van der Waals surface area contributed by atoms with E-state index in [0.717, 1.165) is 23.3 Å². The van der Waals surface area contributed by atoms with Crippen molar-refractivity contribution in [1.29, 1.82) is 0 Å². The van der Waals surface area contributed by atoms with Crippen LogP contribution in [0.1, 0.15) is 81.0 Å². The quantitative estimate of drug-likeness (QED) is 0.651. The fourth-order valence-corrected chi connectivity index (χ4v) is 5.11. The Labute approximate surface area is 150 Å². The summed E-state index contributed by atoms with van der Waals surface area (Å²) in [6, 6.07) is 6.94. The lowest BCUT2D eigenvalue weighted by Crippen LogP contribution is -2.42. The Morgan fingerprint density at radius 3 is 2.48 bits per heavy atom. The molecule has 1 aromatic heterocycles. The van der Waals surface area contributed by atoms with Crippen molar-refractivity contribution in [2.24, 2.45) is 0 Å². The minimum atomic E-state index is -0.191. The van der Waals surface area contributed by atoms with Crippen LogP contribution in [0.2, 0.25) is 0 Å². The molecule has 0 spiro atoms. The van der Waals surface area contributed by atoms with Gasteiger partial charge in [0, 0.05) is 22.7 Å². The van der Waals surface area contributed by atoms with Gasteiger partial charge in [0.2, 0.25) is 0 Å². The van der Waals surface area contributed by atoms with Gasteiger partial charge < -0.3 is 4.74 Å². The second-order valence-corrected chi connectivity index (χ2v) is 9.31. The summed E-state index contributed by atoms with van der Waals surface area (Å²) in [5.74, 6) is 2.62. The molecule has 5 rings (SSSR count). The standard InChI is InChI=1S/C23H27NO/c1-13-8-16(10-19-21(13)25-23(4,5)22(19,2)3)20-11-17-14-6-7-15(9-14)18(17)12-24-20/h8,10-12,14-15H,6-7,9H2,1-5H3. The first-order chi connectivity index (χ1) is 11.8. The number of pyridine rings is 1. The minimum Gasteiger partial charge on any atom is -0.486 e. The number of aryl methyl sites for hydroxylation is 1. The summed E-state index contributed by atoms with van der Waals surface area (Å²) in [6.45, 7) is 11.1. The molecule has 1 aromatic carbocycles. The van der Waals surface area contributed by atoms with Crippen molar-refractivity contribution >= 4 is 0 Å². The first-order valence-corrected chi connectivity index (χ1v) is 9.62. The molecule has 2 unspecified atom stereocenters. The monoisotopic (exact) mass is 333 g/mol.